The Labute approximate surface area is 101 Å². The minimum absolute atomic E-state index is 0.143. The van der Waals surface area contributed by atoms with Gasteiger partial charge in [0.05, 0.1) is 4.92 Å². The molecule has 0 aliphatic heterocycles. The van der Waals surface area contributed by atoms with E-state index in [4.69, 9.17) is 0 Å². The molecule has 5 heteroatoms. The smallest absolute Gasteiger partial charge is 0.270 e. The molecule has 88 valence electrons. The first-order chi connectivity index (χ1) is 8.58. The third-order valence-corrected chi connectivity index (χ3v) is 2.98. The molecule has 0 N–H and O–H groups in total. The van der Waals surface area contributed by atoms with E-state index in [0.717, 1.165) is 0 Å². The lowest BCUT2D eigenvalue weighted by atomic mass is 10.1. The van der Waals surface area contributed by atoms with Gasteiger partial charge >= 0.3 is 0 Å². The number of nitro benzene ring substituents is 1. The van der Waals surface area contributed by atoms with Crippen molar-refractivity contribution in [3.63, 3.8) is 0 Å². The number of non-ortho nitro benzene ring substituents is 1. The average Bonchev–Trinajstić information content (AvgIpc) is 2.62. The third-order valence-electron chi connectivity index (χ3n) is 2.98. The van der Waals surface area contributed by atoms with Crippen LogP contribution < -0.4 is 0 Å². The maximum Gasteiger partial charge on any atom is 0.270 e. The first-order valence-electron chi connectivity index (χ1n) is 5.21. The van der Waals surface area contributed by atoms with Crippen LogP contribution >= 0.6 is 0 Å². The molecule has 0 unspecified atom stereocenters. The Morgan fingerprint density at radius 3 is 2.39 bits per heavy atom. The Hall–Kier alpha value is -2.56. The number of benzene rings is 2. The molecule has 0 spiro atoms. The monoisotopic (exact) mass is 243 g/mol. The van der Waals surface area contributed by atoms with E-state index in [2.05, 4.69) is 0 Å². The molecule has 2 aromatic carbocycles. The van der Waals surface area contributed by atoms with Crippen LogP contribution in [0.2, 0.25) is 0 Å². The Kier molecular flexibility index (Phi) is 2.04. The van der Waals surface area contributed by atoms with Crippen molar-refractivity contribution in [2.75, 3.05) is 0 Å². The van der Waals surface area contributed by atoms with Crippen LogP contribution in [0.25, 0.3) is 11.1 Å². The fraction of sp³-hybridized carbons (Fsp3) is 0. The van der Waals surface area contributed by atoms with Crippen molar-refractivity contribution in [1.29, 1.82) is 0 Å². The number of fused-ring (bicyclic) bond motifs is 3. The standard InChI is InChI=1S/C13H6FNO3/c14-7-1-3-10-11(5-7)9-4-2-8(15(17)18)6-12(9)13(10)16/h1-6H. The molecular formula is C13H6FNO3. The van der Waals surface area contributed by atoms with Crippen molar-refractivity contribution in [3.05, 3.63) is 63.5 Å². The van der Waals surface area contributed by atoms with E-state index in [-0.39, 0.29) is 17.0 Å². The van der Waals surface area contributed by atoms with Gasteiger partial charge in [0.25, 0.3) is 5.69 Å². The largest absolute Gasteiger partial charge is 0.289 e. The molecule has 18 heavy (non-hydrogen) atoms. The van der Waals surface area contributed by atoms with E-state index in [1.165, 1.54) is 36.4 Å². The minimum Gasteiger partial charge on any atom is -0.289 e. The molecule has 0 radical (unpaired) electrons. The summed E-state index contributed by atoms with van der Waals surface area (Å²) in [6.45, 7) is 0. The third kappa shape index (κ3) is 1.34. The maximum atomic E-state index is 13.2. The molecule has 0 heterocycles. The van der Waals surface area contributed by atoms with Gasteiger partial charge in [-0.15, -0.1) is 0 Å². The molecule has 0 bridgehead atoms. The van der Waals surface area contributed by atoms with Crippen LogP contribution in [0.5, 0.6) is 0 Å². The van der Waals surface area contributed by atoms with Crippen LogP contribution in [-0.4, -0.2) is 10.7 Å². The number of rotatable bonds is 1. The zero-order valence-corrected chi connectivity index (χ0v) is 9.01. The Bertz CT molecular complexity index is 709. The van der Waals surface area contributed by atoms with Gasteiger partial charge in [-0.1, -0.05) is 0 Å². The van der Waals surface area contributed by atoms with E-state index in [1.54, 1.807) is 0 Å². The maximum absolute atomic E-state index is 13.2. The van der Waals surface area contributed by atoms with Crippen LogP contribution in [0.4, 0.5) is 10.1 Å². The van der Waals surface area contributed by atoms with Crippen molar-refractivity contribution in [2.45, 2.75) is 0 Å². The highest BCUT2D eigenvalue weighted by atomic mass is 19.1. The van der Waals surface area contributed by atoms with E-state index in [0.29, 0.717) is 16.7 Å². The van der Waals surface area contributed by atoms with Crippen LogP contribution in [0.3, 0.4) is 0 Å². The molecule has 0 amide bonds. The average molecular weight is 243 g/mol. The zero-order valence-electron chi connectivity index (χ0n) is 9.01. The van der Waals surface area contributed by atoms with Crippen molar-refractivity contribution in [1.82, 2.24) is 0 Å². The fourth-order valence-corrected chi connectivity index (χ4v) is 2.15. The summed E-state index contributed by atoms with van der Waals surface area (Å²) in [6.07, 6.45) is 0. The summed E-state index contributed by atoms with van der Waals surface area (Å²) in [7, 11) is 0. The lowest BCUT2D eigenvalue weighted by molar-refractivity contribution is -0.384. The fourth-order valence-electron chi connectivity index (χ4n) is 2.15. The number of carbonyl (C=O) groups excluding carboxylic acids is 1. The molecule has 0 saturated carbocycles. The van der Waals surface area contributed by atoms with Gasteiger partial charge < -0.3 is 0 Å². The summed E-state index contributed by atoms with van der Waals surface area (Å²) in [5, 5.41) is 10.7. The molecule has 2 aromatic rings. The lowest BCUT2D eigenvalue weighted by Crippen LogP contribution is -1.96. The van der Waals surface area contributed by atoms with Crippen molar-refractivity contribution < 1.29 is 14.1 Å². The van der Waals surface area contributed by atoms with Crippen LogP contribution in [0.15, 0.2) is 36.4 Å². The first-order valence-corrected chi connectivity index (χ1v) is 5.21. The summed E-state index contributed by atoms with van der Waals surface area (Å²) in [5.41, 5.74) is 1.53. The highest BCUT2D eigenvalue weighted by Crippen LogP contribution is 2.38. The van der Waals surface area contributed by atoms with Gasteiger partial charge in [-0.2, -0.15) is 0 Å². The summed E-state index contributed by atoms with van der Waals surface area (Å²) in [6, 6.07) is 7.90. The number of hydrogen-bond donors (Lipinski definition) is 0. The summed E-state index contributed by atoms with van der Waals surface area (Å²) in [5.74, 6) is -0.739. The molecule has 0 fully saturated rings. The zero-order chi connectivity index (χ0) is 12.9. The SMILES string of the molecule is O=C1c2cc([N+](=O)[O-])ccc2-c2cc(F)ccc21. The first kappa shape index (κ1) is 10.6. The van der Waals surface area contributed by atoms with Crippen molar-refractivity contribution >= 4 is 11.5 Å². The van der Waals surface area contributed by atoms with Gasteiger partial charge in [-0.05, 0) is 35.4 Å². The van der Waals surface area contributed by atoms with Crippen molar-refractivity contribution in [2.24, 2.45) is 0 Å². The Morgan fingerprint density at radius 2 is 1.67 bits per heavy atom. The molecule has 3 rings (SSSR count). The van der Waals surface area contributed by atoms with E-state index < -0.39 is 10.7 Å². The van der Waals surface area contributed by atoms with Crippen LogP contribution in [-0.2, 0) is 0 Å². The highest BCUT2D eigenvalue weighted by molar-refractivity contribution is 6.21. The second kappa shape index (κ2) is 3.46. The van der Waals surface area contributed by atoms with Gasteiger partial charge in [0.2, 0.25) is 0 Å². The Balaban J connectivity index is 2.27. The van der Waals surface area contributed by atoms with Crippen molar-refractivity contribution in [3.8, 4) is 11.1 Å². The number of halogens is 1. The number of hydrogen-bond acceptors (Lipinski definition) is 3. The van der Waals surface area contributed by atoms with Gasteiger partial charge in [0, 0.05) is 23.3 Å². The molecule has 1 aliphatic carbocycles. The van der Waals surface area contributed by atoms with Crippen LogP contribution in [0.1, 0.15) is 15.9 Å². The van der Waals surface area contributed by atoms with E-state index in [9.17, 15) is 19.3 Å². The number of nitro groups is 1. The number of carbonyl (C=O) groups is 1. The topological polar surface area (TPSA) is 60.2 Å². The summed E-state index contributed by atoms with van der Waals surface area (Å²) >= 11 is 0. The van der Waals surface area contributed by atoms with Gasteiger partial charge in [-0.3, -0.25) is 14.9 Å². The quantitative estimate of drug-likeness (QED) is 0.487. The lowest BCUT2D eigenvalue weighted by Gasteiger charge is -1.99. The van der Waals surface area contributed by atoms with E-state index >= 15 is 0 Å². The number of nitrogens with zero attached hydrogens (tertiary/aromatic N) is 1. The normalized spacial score (nSPS) is 12.2. The summed E-state index contributed by atoms with van der Waals surface area (Å²) in [4.78, 5) is 22.1. The molecule has 1 aliphatic rings. The van der Waals surface area contributed by atoms with Gasteiger partial charge in [0.15, 0.2) is 5.78 Å². The molecule has 0 saturated heterocycles. The van der Waals surface area contributed by atoms with E-state index in [1.807, 2.05) is 0 Å². The summed E-state index contributed by atoms with van der Waals surface area (Å²) < 4.78 is 13.2. The van der Waals surface area contributed by atoms with Gasteiger partial charge in [-0.25, -0.2) is 4.39 Å². The Morgan fingerprint density at radius 1 is 0.944 bits per heavy atom. The molecule has 4 nitrogen and oxygen atoms in total. The molecule has 0 atom stereocenters. The molecular weight excluding hydrogens is 237 g/mol. The molecule has 0 aromatic heterocycles. The number of ketones is 1. The predicted octanol–water partition coefficient (Wildman–Crippen LogP) is 2.95. The van der Waals surface area contributed by atoms with Crippen LogP contribution in [0, 0.1) is 15.9 Å². The predicted molar refractivity (Wildman–Crippen MR) is 61.9 cm³/mol. The second-order valence-corrected chi connectivity index (χ2v) is 4.01. The minimum atomic E-state index is -0.558. The van der Waals surface area contributed by atoms with Gasteiger partial charge in [0.1, 0.15) is 5.82 Å². The second-order valence-electron chi connectivity index (χ2n) is 4.01. The highest BCUT2D eigenvalue weighted by Gasteiger charge is 2.28.